The van der Waals surface area contributed by atoms with Gasteiger partial charge in [0.25, 0.3) is 0 Å². The number of rotatable bonds is 4. The van der Waals surface area contributed by atoms with Crippen molar-refractivity contribution in [3.63, 3.8) is 0 Å². The minimum absolute atomic E-state index is 0.318. The highest BCUT2D eigenvalue weighted by Crippen LogP contribution is 2.10. The van der Waals surface area contributed by atoms with Gasteiger partial charge in [-0.2, -0.15) is 0 Å². The van der Waals surface area contributed by atoms with Crippen molar-refractivity contribution in [3.8, 4) is 11.5 Å². The first-order chi connectivity index (χ1) is 9.85. The molecule has 0 saturated carbocycles. The van der Waals surface area contributed by atoms with Gasteiger partial charge in [0.15, 0.2) is 0 Å². The molecule has 0 saturated heterocycles. The van der Waals surface area contributed by atoms with E-state index in [1.54, 1.807) is 0 Å². The first-order valence-electron chi connectivity index (χ1n) is 6.60. The fraction of sp³-hybridized carbons (Fsp3) is 0.400. The van der Waals surface area contributed by atoms with Crippen molar-refractivity contribution in [2.45, 2.75) is 32.1 Å². The summed E-state index contributed by atoms with van der Waals surface area (Å²) in [4.78, 5) is 14.2. The predicted octanol–water partition coefficient (Wildman–Crippen LogP) is 3.31. The van der Waals surface area contributed by atoms with Crippen LogP contribution in [0.15, 0.2) is 29.4 Å². The minimum Gasteiger partial charge on any atom is -0.469 e. The lowest BCUT2D eigenvalue weighted by Gasteiger charge is -2.08. The average molecular weight is 301 g/mol. The Kier molecular flexibility index (Phi) is 6.04. The minimum atomic E-state index is -1.39. The molecule has 0 unspecified atom stereocenters. The third kappa shape index (κ3) is 6.17. The molecule has 110 valence electrons. The zero-order chi connectivity index (χ0) is 15.9. The van der Waals surface area contributed by atoms with E-state index < -0.39 is 20.1 Å². The number of methoxy groups -OCH3 is 1. The maximum absolute atomic E-state index is 11.5. The number of carbonyl (C=O) groups is 1. The Labute approximate surface area is 126 Å². The van der Waals surface area contributed by atoms with E-state index in [2.05, 4.69) is 45.9 Å². The van der Waals surface area contributed by atoms with Crippen LogP contribution in [0.5, 0.6) is 0 Å². The zero-order valence-electron chi connectivity index (χ0n) is 12.8. The molecule has 0 radical (unpaired) electrons. The summed E-state index contributed by atoms with van der Waals surface area (Å²) in [7, 11) is -0.113. The van der Waals surface area contributed by atoms with Gasteiger partial charge in [-0.15, -0.1) is 5.54 Å². The molecule has 1 atom stereocenters. The molecule has 1 rings (SSSR count). The molecule has 0 bridgehead atoms. The van der Waals surface area contributed by atoms with Crippen LogP contribution < -0.4 is 0 Å². The number of hydrogen-bond acceptors (Lipinski definition) is 3. The number of benzene rings is 1. The van der Waals surface area contributed by atoms with Crippen LogP contribution in [-0.4, -0.2) is 27.2 Å². The molecule has 6 heteroatoms. The van der Waals surface area contributed by atoms with Gasteiger partial charge in [0, 0.05) is 10.5 Å². The molecule has 0 aliphatic heterocycles. The van der Waals surface area contributed by atoms with Crippen LogP contribution >= 0.6 is 0 Å². The van der Waals surface area contributed by atoms with Gasteiger partial charge in [0.1, 0.15) is 14.1 Å². The summed E-state index contributed by atoms with van der Waals surface area (Å²) < 4.78 is 4.62. The maximum atomic E-state index is 11.5. The molecule has 0 heterocycles. The van der Waals surface area contributed by atoms with Gasteiger partial charge in [-0.1, -0.05) is 42.8 Å². The molecule has 0 amide bonds. The van der Waals surface area contributed by atoms with Crippen molar-refractivity contribution in [1.29, 1.82) is 0 Å². The van der Waals surface area contributed by atoms with Crippen LogP contribution in [0.3, 0.4) is 0 Å². The van der Waals surface area contributed by atoms with Crippen LogP contribution in [-0.2, 0) is 16.0 Å². The van der Waals surface area contributed by atoms with E-state index in [0.29, 0.717) is 6.42 Å². The van der Waals surface area contributed by atoms with Gasteiger partial charge in [0.2, 0.25) is 0 Å². The lowest BCUT2D eigenvalue weighted by molar-refractivity contribution is -0.142. The van der Waals surface area contributed by atoms with Crippen molar-refractivity contribution >= 4 is 14.0 Å². The van der Waals surface area contributed by atoms with Gasteiger partial charge >= 0.3 is 5.97 Å². The molecule has 0 fully saturated rings. The molecule has 5 nitrogen and oxygen atoms in total. The quantitative estimate of drug-likeness (QED) is 0.214. The third-order valence-electron chi connectivity index (χ3n) is 2.63. The molecule has 0 N–H and O–H groups in total. The SMILES string of the molecule is COC(=O)[C@H](Cc1ccc(C#C[Si](C)(C)C)cc1)N=[N+]=[N-]. The topological polar surface area (TPSA) is 75.1 Å². The summed E-state index contributed by atoms with van der Waals surface area (Å²) in [6.45, 7) is 6.57. The Hall–Kier alpha value is -2.22. The van der Waals surface area contributed by atoms with Crippen LogP contribution in [0.2, 0.25) is 19.6 Å². The van der Waals surface area contributed by atoms with Crippen molar-refractivity contribution in [2.24, 2.45) is 5.11 Å². The molecular weight excluding hydrogens is 282 g/mol. The number of hydrogen-bond donors (Lipinski definition) is 0. The third-order valence-corrected chi connectivity index (χ3v) is 3.50. The molecule has 0 aliphatic carbocycles. The van der Waals surface area contributed by atoms with Crippen LogP contribution in [0, 0.1) is 11.5 Å². The summed E-state index contributed by atoms with van der Waals surface area (Å²) in [5.74, 6) is 2.63. The second-order valence-electron chi connectivity index (χ2n) is 5.64. The molecule has 21 heavy (non-hydrogen) atoms. The smallest absolute Gasteiger partial charge is 0.314 e. The average Bonchev–Trinajstić information content (AvgIpc) is 2.44. The van der Waals surface area contributed by atoms with Gasteiger partial charge in [-0.05, 0) is 29.6 Å². The first-order valence-corrected chi connectivity index (χ1v) is 10.1. The number of esters is 1. The summed E-state index contributed by atoms with van der Waals surface area (Å²) in [6, 6.07) is 6.76. The fourth-order valence-corrected chi connectivity index (χ4v) is 2.10. The van der Waals surface area contributed by atoms with E-state index >= 15 is 0 Å². The molecule has 0 spiro atoms. The molecule has 1 aromatic rings. The molecule has 0 aromatic heterocycles. The number of ether oxygens (including phenoxy) is 1. The predicted molar refractivity (Wildman–Crippen MR) is 85.3 cm³/mol. The summed E-state index contributed by atoms with van der Waals surface area (Å²) in [6.07, 6.45) is 0.318. The van der Waals surface area contributed by atoms with Crippen LogP contribution in [0.1, 0.15) is 11.1 Å². The number of nitrogens with zero attached hydrogens (tertiary/aromatic N) is 3. The van der Waals surface area contributed by atoms with E-state index in [9.17, 15) is 4.79 Å². The van der Waals surface area contributed by atoms with E-state index in [4.69, 9.17) is 5.53 Å². The van der Waals surface area contributed by atoms with Gasteiger partial charge in [-0.3, -0.25) is 4.79 Å². The second kappa shape index (κ2) is 7.53. The summed E-state index contributed by atoms with van der Waals surface area (Å²) in [5.41, 5.74) is 13.6. The highest BCUT2D eigenvalue weighted by Gasteiger charge is 2.17. The van der Waals surface area contributed by atoms with E-state index in [1.807, 2.05) is 24.3 Å². The second-order valence-corrected chi connectivity index (χ2v) is 10.4. The van der Waals surface area contributed by atoms with Gasteiger partial charge < -0.3 is 4.74 Å². The van der Waals surface area contributed by atoms with E-state index in [0.717, 1.165) is 11.1 Å². The summed E-state index contributed by atoms with van der Waals surface area (Å²) >= 11 is 0. The van der Waals surface area contributed by atoms with Crippen molar-refractivity contribution < 1.29 is 9.53 Å². The van der Waals surface area contributed by atoms with Crippen LogP contribution in [0.4, 0.5) is 0 Å². The molecule has 1 aromatic carbocycles. The lowest BCUT2D eigenvalue weighted by atomic mass is 10.0. The van der Waals surface area contributed by atoms with Gasteiger partial charge in [-0.25, -0.2) is 0 Å². The zero-order valence-corrected chi connectivity index (χ0v) is 13.8. The highest BCUT2D eigenvalue weighted by atomic mass is 28.3. The normalized spacial score (nSPS) is 11.6. The lowest BCUT2D eigenvalue weighted by Crippen LogP contribution is -2.22. The van der Waals surface area contributed by atoms with Crippen molar-refractivity contribution in [2.75, 3.05) is 7.11 Å². The number of carbonyl (C=O) groups excluding carboxylic acids is 1. The summed E-state index contributed by atoms with van der Waals surface area (Å²) in [5, 5.41) is 3.46. The highest BCUT2D eigenvalue weighted by molar-refractivity contribution is 6.83. The largest absolute Gasteiger partial charge is 0.469 e. The van der Waals surface area contributed by atoms with E-state index in [-0.39, 0.29) is 0 Å². The standard InChI is InChI=1S/C15H19N3O2Si/c1-20-15(19)14(17-18-16)11-13-7-5-12(6-8-13)9-10-21(2,3)4/h5-8,14H,11H2,1-4H3/t14-/m0/s1. The Bertz CT molecular complexity index is 603. The molecule has 0 aliphatic rings. The maximum Gasteiger partial charge on any atom is 0.314 e. The van der Waals surface area contributed by atoms with E-state index in [1.165, 1.54) is 7.11 Å². The molecular formula is C15H19N3O2Si. The van der Waals surface area contributed by atoms with Crippen LogP contribution in [0.25, 0.3) is 10.4 Å². The Balaban J connectivity index is 2.84. The number of azide groups is 1. The monoisotopic (exact) mass is 301 g/mol. The van der Waals surface area contributed by atoms with Gasteiger partial charge in [0.05, 0.1) is 7.11 Å². The van der Waals surface area contributed by atoms with Crippen molar-refractivity contribution in [3.05, 3.63) is 45.8 Å². The fourth-order valence-electron chi connectivity index (χ4n) is 1.58. The Morgan fingerprint density at radius 2 is 2.00 bits per heavy atom. The van der Waals surface area contributed by atoms with Crippen molar-refractivity contribution in [1.82, 2.24) is 0 Å². The Morgan fingerprint density at radius 1 is 1.38 bits per heavy atom. The first kappa shape index (κ1) is 16.8. The Morgan fingerprint density at radius 3 is 2.48 bits per heavy atom.